The molecule has 0 saturated carbocycles. The standard InChI is InChI=1S/C24H24N2O4S2/c1-29-20-10-6-3-7-15(20)14-31-24-26-19-12-11-16(13-21(19)32-24)25-22(27)17-8-4-5-9-18(17)23(28)30-2/h3-7,10-13,17-18H,8-9,14H2,1-2H3,(H,25,27). The minimum atomic E-state index is -0.449. The van der Waals surface area contributed by atoms with Crippen molar-refractivity contribution in [2.45, 2.75) is 22.9 Å². The van der Waals surface area contributed by atoms with Crippen LogP contribution in [0, 0.1) is 11.8 Å². The van der Waals surface area contributed by atoms with Gasteiger partial charge in [0, 0.05) is 17.0 Å². The van der Waals surface area contributed by atoms with Crippen LogP contribution in [-0.4, -0.2) is 31.1 Å². The third kappa shape index (κ3) is 4.97. The molecule has 32 heavy (non-hydrogen) atoms. The van der Waals surface area contributed by atoms with Crippen molar-refractivity contribution in [2.24, 2.45) is 11.8 Å². The Balaban J connectivity index is 1.45. The van der Waals surface area contributed by atoms with Gasteiger partial charge in [0.05, 0.1) is 36.3 Å². The number of anilines is 1. The molecule has 2 atom stereocenters. The molecule has 6 nitrogen and oxygen atoms in total. The second-order valence-electron chi connectivity index (χ2n) is 7.43. The largest absolute Gasteiger partial charge is 0.496 e. The van der Waals surface area contributed by atoms with Crippen molar-refractivity contribution < 1.29 is 19.1 Å². The number of benzene rings is 2. The monoisotopic (exact) mass is 468 g/mol. The molecule has 1 aliphatic carbocycles. The van der Waals surface area contributed by atoms with Crippen LogP contribution in [0.2, 0.25) is 0 Å². The summed E-state index contributed by atoms with van der Waals surface area (Å²) in [6.45, 7) is 0. The number of thiazole rings is 1. The predicted molar refractivity (Wildman–Crippen MR) is 128 cm³/mol. The average Bonchev–Trinajstić information content (AvgIpc) is 3.24. The summed E-state index contributed by atoms with van der Waals surface area (Å²) in [7, 11) is 3.03. The molecule has 0 bridgehead atoms. The van der Waals surface area contributed by atoms with Crippen LogP contribution in [0.15, 0.2) is 59.0 Å². The Labute approximate surface area is 195 Å². The van der Waals surface area contributed by atoms with Gasteiger partial charge in [-0.3, -0.25) is 9.59 Å². The predicted octanol–water partition coefficient (Wildman–Crippen LogP) is 5.29. The zero-order valence-corrected chi connectivity index (χ0v) is 19.5. The number of esters is 1. The topological polar surface area (TPSA) is 77.5 Å². The zero-order valence-electron chi connectivity index (χ0n) is 17.9. The van der Waals surface area contributed by atoms with E-state index in [1.54, 1.807) is 30.2 Å². The number of rotatable bonds is 7. The van der Waals surface area contributed by atoms with Gasteiger partial charge in [-0.15, -0.1) is 11.3 Å². The molecule has 0 radical (unpaired) electrons. The van der Waals surface area contributed by atoms with E-state index in [2.05, 4.69) is 11.4 Å². The maximum atomic E-state index is 12.9. The van der Waals surface area contributed by atoms with Gasteiger partial charge in [-0.1, -0.05) is 42.1 Å². The van der Waals surface area contributed by atoms with E-state index in [4.69, 9.17) is 14.5 Å². The van der Waals surface area contributed by atoms with Gasteiger partial charge in [-0.25, -0.2) is 4.98 Å². The summed E-state index contributed by atoms with van der Waals surface area (Å²) in [5.41, 5.74) is 2.71. The molecule has 0 aliphatic heterocycles. The van der Waals surface area contributed by atoms with E-state index in [-0.39, 0.29) is 11.9 Å². The van der Waals surface area contributed by atoms with Crippen molar-refractivity contribution in [2.75, 3.05) is 19.5 Å². The molecule has 166 valence electrons. The van der Waals surface area contributed by atoms with Crippen LogP contribution >= 0.6 is 23.1 Å². The Hall–Kier alpha value is -2.84. The first-order valence-corrected chi connectivity index (χ1v) is 12.1. The Bertz CT molecular complexity index is 1160. The van der Waals surface area contributed by atoms with E-state index < -0.39 is 11.8 Å². The van der Waals surface area contributed by atoms with Crippen LogP contribution in [0.4, 0.5) is 5.69 Å². The molecule has 4 rings (SSSR count). The Morgan fingerprint density at radius 2 is 1.91 bits per heavy atom. The van der Waals surface area contributed by atoms with Crippen molar-refractivity contribution >= 4 is 50.9 Å². The molecule has 1 heterocycles. The number of amides is 1. The van der Waals surface area contributed by atoms with Crippen LogP contribution in [0.5, 0.6) is 5.75 Å². The fourth-order valence-electron chi connectivity index (χ4n) is 3.76. The fraction of sp³-hybridized carbons (Fsp3) is 0.292. The van der Waals surface area contributed by atoms with E-state index >= 15 is 0 Å². The van der Waals surface area contributed by atoms with E-state index in [0.717, 1.165) is 31.6 Å². The third-order valence-corrected chi connectivity index (χ3v) is 7.66. The number of ether oxygens (including phenoxy) is 2. The van der Waals surface area contributed by atoms with Crippen LogP contribution in [-0.2, 0) is 20.1 Å². The van der Waals surface area contributed by atoms with Crippen LogP contribution in [0.25, 0.3) is 10.2 Å². The van der Waals surface area contributed by atoms with E-state index in [9.17, 15) is 9.59 Å². The summed E-state index contributed by atoms with van der Waals surface area (Å²) in [6, 6.07) is 13.7. The fourth-order valence-corrected chi connectivity index (χ4v) is 5.85. The lowest BCUT2D eigenvalue weighted by Gasteiger charge is -2.25. The third-order valence-electron chi connectivity index (χ3n) is 5.45. The summed E-state index contributed by atoms with van der Waals surface area (Å²) in [5, 5.41) is 2.97. The number of methoxy groups -OCH3 is 2. The molecule has 1 aromatic heterocycles. The van der Waals surface area contributed by atoms with Crippen molar-refractivity contribution in [3.05, 3.63) is 60.2 Å². The summed E-state index contributed by atoms with van der Waals surface area (Å²) in [4.78, 5) is 29.6. The van der Waals surface area contributed by atoms with Gasteiger partial charge in [0.25, 0.3) is 0 Å². The van der Waals surface area contributed by atoms with Crippen LogP contribution in [0.3, 0.4) is 0 Å². The molecule has 2 unspecified atom stereocenters. The maximum Gasteiger partial charge on any atom is 0.309 e. The number of nitrogens with zero attached hydrogens (tertiary/aromatic N) is 1. The number of para-hydroxylation sites is 1. The van der Waals surface area contributed by atoms with Crippen molar-refractivity contribution in [3.8, 4) is 5.75 Å². The molecule has 0 fully saturated rings. The first kappa shape index (κ1) is 22.4. The SMILES string of the molecule is COC(=O)C1CC=CCC1C(=O)Nc1ccc2nc(SCc3ccccc3OC)sc2c1. The highest BCUT2D eigenvalue weighted by Crippen LogP contribution is 2.35. The first-order chi connectivity index (χ1) is 15.6. The highest BCUT2D eigenvalue weighted by atomic mass is 32.2. The smallest absolute Gasteiger partial charge is 0.309 e. The number of thioether (sulfide) groups is 1. The zero-order chi connectivity index (χ0) is 22.5. The van der Waals surface area contributed by atoms with Gasteiger partial charge in [0.2, 0.25) is 5.91 Å². The van der Waals surface area contributed by atoms with Crippen molar-refractivity contribution in [1.82, 2.24) is 4.98 Å². The number of allylic oxidation sites excluding steroid dienone is 2. The molecule has 2 aromatic carbocycles. The Kier molecular flexibility index (Phi) is 7.12. The number of hydrogen-bond acceptors (Lipinski definition) is 7. The molecule has 1 amide bonds. The average molecular weight is 469 g/mol. The molecule has 1 N–H and O–H groups in total. The van der Waals surface area contributed by atoms with Gasteiger partial charge < -0.3 is 14.8 Å². The van der Waals surface area contributed by atoms with E-state index in [1.165, 1.54) is 7.11 Å². The number of carbonyl (C=O) groups excluding carboxylic acids is 2. The van der Waals surface area contributed by atoms with Crippen molar-refractivity contribution in [1.29, 1.82) is 0 Å². The summed E-state index contributed by atoms with van der Waals surface area (Å²) >= 11 is 3.25. The van der Waals surface area contributed by atoms with Gasteiger partial charge in [-0.2, -0.15) is 0 Å². The molecule has 3 aromatic rings. The van der Waals surface area contributed by atoms with Gasteiger partial charge in [0.15, 0.2) is 4.34 Å². The summed E-state index contributed by atoms with van der Waals surface area (Å²) in [5.74, 6) is 0.237. The Morgan fingerprint density at radius 3 is 2.69 bits per heavy atom. The number of aromatic nitrogens is 1. The van der Waals surface area contributed by atoms with E-state index in [1.807, 2.05) is 48.6 Å². The number of nitrogens with one attached hydrogen (secondary N) is 1. The molecule has 0 saturated heterocycles. The minimum absolute atomic E-state index is 0.167. The summed E-state index contributed by atoms with van der Waals surface area (Å²) in [6.07, 6.45) is 4.92. The van der Waals surface area contributed by atoms with Gasteiger partial charge >= 0.3 is 5.97 Å². The van der Waals surface area contributed by atoms with E-state index in [0.29, 0.717) is 18.5 Å². The lowest BCUT2D eigenvalue weighted by atomic mass is 9.82. The molecular formula is C24H24N2O4S2. The lowest BCUT2D eigenvalue weighted by molar-refractivity contribution is -0.149. The molecule has 1 aliphatic rings. The normalized spacial score (nSPS) is 17.8. The quantitative estimate of drug-likeness (QED) is 0.288. The number of carbonyl (C=O) groups is 2. The minimum Gasteiger partial charge on any atom is -0.496 e. The molecule has 0 spiro atoms. The van der Waals surface area contributed by atoms with Gasteiger partial charge in [0.1, 0.15) is 5.75 Å². The van der Waals surface area contributed by atoms with Crippen LogP contribution < -0.4 is 10.1 Å². The second-order valence-corrected chi connectivity index (χ2v) is 9.68. The highest BCUT2D eigenvalue weighted by molar-refractivity contribution is 8.00. The number of fused-ring (bicyclic) bond motifs is 1. The molecule has 8 heteroatoms. The van der Waals surface area contributed by atoms with Gasteiger partial charge in [-0.05, 0) is 37.1 Å². The molecular weight excluding hydrogens is 444 g/mol. The second kappa shape index (κ2) is 10.2. The highest BCUT2D eigenvalue weighted by Gasteiger charge is 2.34. The summed E-state index contributed by atoms with van der Waals surface area (Å²) < 4.78 is 12.3. The first-order valence-electron chi connectivity index (χ1n) is 10.3. The van der Waals surface area contributed by atoms with Crippen molar-refractivity contribution in [3.63, 3.8) is 0 Å². The lowest BCUT2D eigenvalue weighted by Crippen LogP contribution is -2.35. The Morgan fingerprint density at radius 1 is 1.12 bits per heavy atom. The maximum absolute atomic E-state index is 12.9. The number of hydrogen-bond donors (Lipinski definition) is 1. The van der Waals surface area contributed by atoms with Crippen LogP contribution in [0.1, 0.15) is 18.4 Å².